The molecule has 2 aromatic carbocycles. The number of nitrogens with zero attached hydrogens (tertiary/aromatic N) is 3. The van der Waals surface area contributed by atoms with Crippen molar-refractivity contribution in [1.82, 2.24) is 14.9 Å². The number of alkyl halides is 1. The van der Waals surface area contributed by atoms with Gasteiger partial charge in [0.15, 0.2) is 17.3 Å². The van der Waals surface area contributed by atoms with E-state index < -0.39 is 28.9 Å². The van der Waals surface area contributed by atoms with Crippen molar-refractivity contribution in [2.24, 2.45) is 0 Å². The lowest BCUT2D eigenvalue weighted by Crippen LogP contribution is -2.45. The van der Waals surface area contributed by atoms with Crippen molar-refractivity contribution in [1.29, 1.82) is 0 Å². The highest BCUT2D eigenvalue weighted by Crippen LogP contribution is 2.37. The molecule has 0 spiro atoms. The minimum Gasteiger partial charge on any atom is -0.493 e. The van der Waals surface area contributed by atoms with E-state index in [1.165, 1.54) is 19.5 Å². The number of aromatic nitrogens is 2. The molecule has 0 bridgehead atoms. The molecule has 1 aliphatic heterocycles. The fourth-order valence-electron chi connectivity index (χ4n) is 3.50. The first kappa shape index (κ1) is 21.5. The van der Waals surface area contributed by atoms with Gasteiger partial charge in [0.2, 0.25) is 0 Å². The number of hydrogen-bond donors (Lipinski definition) is 1. The summed E-state index contributed by atoms with van der Waals surface area (Å²) in [4.78, 5) is 10.3. The lowest BCUT2D eigenvalue weighted by molar-refractivity contribution is 0.0299. The molecule has 31 heavy (non-hydrogen) atoms. The van der Waals surface area contributed by atoms with Crippen LogP contribution < -0.4 is 14.8 Å². The summed E-state index contributed by atoms with van der Waals surface area (Å²) in [7, 11) is 3.33. The second-order valence-corrected chi connectivity index (χ2v) is 7.69. The van der Waals surface area contributed by atoms with E-state index >= 15 is 0 Å². The highest BCUT2D eigenvalue weighted by Gasteiger charge is 2.30. The quantitative estimate of drug-likeness (QED) is 0.564. The van der Waals surface area contributed by atoms with Crippen LogP contribution in [0.15, 0.2) is 30.6 Å². The van der Waals surface area contributed by atoms with Crippen LogP contribution in [0, 0.1) is 11.6 Å². The monoisotopic (exact) mass is 452 g/mol. The van der Waals surface area contributed by atoms with Crippen LogP contribution in [-0.4, -0.2) is 54.4 Å². The van der Waals surface area contributed by atoms with Crippen LogP contribution in [0.1, 0.15) is 6.42 Å². The third-order valence-electron chi connectivity index (χ3n) is 5.17. The second kappa shape index (κ2) is 8.76. The summed E-state index contributed by atoms with van der Waals surface area (Å²) in [5, 5.41) is 2.68. The summed E-state index contributed by atoms with van der Waals surface area (Å²) in [6.07, 6.45) is 0.0349. The smallest absolute Gasteiger partial charge is 0.168 e. The molecule has 1 aliphatic rings. The number of halogens is 4. The van der Waals surface area contributed by atoms with Crippen LogP contribution in [0.2, 0.25) is 5.02 Å². The van der Waals surface area contributed by atoms with Crippen LogP contribution in [-0.2, 0) is 0 Å². The number of rotatable bonds is 5. The topological polar surface area (TPSA) is 59.5 Å². The Kier molecular flexibility index (Phi) is 6.06. The predicted molar refractivity (Wildman–Crippen MR) is 112 cm³/mol. The van der Waals surface area contributed by atoms with Gasteiger partial charge < -0.3 is 19.7 Å². The molecule has 1 aromatic heterocycles. The number of likely N-dealkylation sites (tertiary alicyclic amines) is 1. The van der Waals surface area contributed by atoms with Gasteiger partial charge in [-0.15, -0.1) is 0 Å². The Labute approximate surface area is 181 Å². The van der Waals surface area contributed by atoms with E-state index in [4.69, 9.17) is 21.1 Å². The van der Waals surface area contributed by atoms with Crippen molar-refractivity contribution in [3.63, 3.8) is 0 Å². The van der Waals surface area contributed by atoms with Crippen LogP contribution in [0.25, 0.3) is 10.9 Å². The Hall–Kier alpha value is -2.78. The molecule has 0 saturated carbocycles. The summed E-state index contributed by atoms with van der Waals surface area (Å²) in [6, 6.07) is 5.52. The molecular weight excluding hydrogens is 433 g/mol. The molecule has 1 saturated heterocycles. The first-order valence-electron chi connectivity index (χ1n) is 9.60. The summed E-state index contributed by atoms with van der Waals surface area (Å²) in [6.45, 7) is 0.989. The maximum absolute atomic E-state index is 14.5. The molecule has 2 atom stereocenters. The van der Waals surface area contributed by atoms with Gasteiger partial charge in [-0.25, -0.2) is 23.1 Å². The molecule has 0 aliphatic carbocycles. The van der Waals surface area contributed by atoms with Gasteiger partial charge >= 0.3 is 0 Å². The molecule has 4 rings (SSSR count). The predicted octanol–water partition coefficient (Wildman–Crippen LogP) is 4.73. The Morgan fingerprint density at radius 2 is 2.00 bits per heavy atom. The van der Waals surface area contributed by atoms with Crippen molar-refractivity contribution in [3.05, 3.63) is 47.2 Å². The standard InChI is InChI=1S/C21H20ClF3N4O2/c1-29-6-5-16(13(24)9-29)31-18-7-11-15(8-17(18)30-2)26-10-27-21(11)28-14-4-3-12(23)19(22)20(14)25/h3-4,7-8,10,13,16H,5-6,9H2,1-2H3,(H,26,27,28). The van der Waals surface area contributed by atoms with Crippen molar-refractivity contribution >= 4 is 34.0 Å². The maximum Gasteiger partial charge on any atom is 0.168 e. The normalized spacial score (nSPS) is 19.4. The highest BCUT2D eigenvalue weighted by molar-refractivity contribution is 6.31. The number of anilines is 2. The van der Waals surface area contributed by atoms with Crippen LogP contribution in [0.5, 0.6) is 11.5 Å². The second-order valence-electron chi connectivity index (χ2n) is 7.31. The third-order valence-corrected chi connectivity index (χ3v) is 5.52. The van der Waals surface area contributed by atoms with E-state index in [1.807, 2.05) is 11.9 Å². The maximum atomic E-state index is 14.5. The zero-order valence-corrected chi connectivity index (χ0v) is 17.6. The van der Waals surface area contributed by atoms with Gasteiger partial charge in [0.1, 0.15) is 35.3 Å². The Morgan fingerprint density at radius 3 is 2.74 bits per heavy atom. The van der Waals surface area contributed by atoms with E-state index in [1.54, 1.807) is 12.1 Å². The minimum atomic E-state index is -1.15. The number of piperidine rings is 1. The molecule has 164 valence electrons. The van der Waals surface area contributed by atoms with Gasteiger partial charge in [-0.2, -0.15) is 0 Å². The average molecular weight is 453 g/mol. The fourth-order valence-corrected chi connectivity index (χ4v) is 3.66. The van der Waals surface area contributed by atoms with Gasteiger partial charge in [-0.3, -0.25) is 0 Å². The van der Waals surface area contributed by atoms with Crippen LogP contribution in [0.4, 0.5) is 24.7 Å². The van der Waals surface area contributed by atoms with Crippen molar-refractivity contribution in [3.8, 4) is 11.5 Å². The van der Waals surface area contributed by atoms with E-state index in [-0.39, 0.29) is 18.1 Å². The van der Waals surface area contributed by atoms with E-state index in [0.717, 1.165) is 6.07 Å². The summed E-state index contributed by atoms with van der Waals surface area (Å²) in [5.74, 6) is -0.845. The molecule has 1 fully saturated rings. The van der Waals surface area contributed by atoms with E-state index in [2.05, 4.69) is 15.3 Å². The zero-order chi connectivity index (χ0) is 22.1. The number of benzene rings is 2. The lowest BCUT2D eigenvalue weighted by Gasteiger charge is -2.32. The minimum absolute atomic E-state index is 0.0520. The SMILES string of the molecule is COc1cc2ncnc(Nc3ccc(F)c(Cl)c3F)c2cc1OC1CCN(C)CC1F. The Bertz CT molecular complexity index is 1120. The molecule has 6 nitrogen and oxygen atoms in total. The lowest BCUT2D eigenvalue weighted by atomic mass is 10.1. The molecule has 1 N–H and O–H groups in total. The van der Waals surface area contributed by atoms with Crippen LogP contribution >= 0.6 is 11.6 Å². The molecule has 3 aromatic rings. The fraction of sp³-hybridized carbons (Fsp3) is 0.333. The van der Waals surface area contributed by atoms with Gasteiger partial charge in [-0.1, -0.05) is 11.6 Å². The molecular formula is C21H20ClF3N4O2. The first-order valence-corrected chi connectivity index (χ1v) is 9.97. The summed E-state index contributed by atoms with van der Waals surface area (Å²) >= 11 is 5.67. The largest absolute Gasteiger partial charge is 0.493 e. The number of fused-ring (bicyclic) bond motifs is 1. The van der Waals surface area contributed by atoms with E-state index in [9.17, 15) is 13.2 Å². The van der Waals surface area contributed by atoms with Gasteiger partial charge in [0, 0.05) is 24.5 Å². The zero-order valence-electron chi connectivity index (χ0n) is 16.8. The van der Waals surface area contributed by atoms with Gasteiger partial charge in [0.25, 0.3) is 0 Å². The van der Waals surface area contributed by atoms with E-state index in [0.29, 0.717) is 35.4 Å². The molecule has 0 radical (unpaired) electrons. The Morgan fingerprint density at radius 1 is 1.19 bits per heavy atom. The summed E-state index contributed by atoms with van der Waals surface area (Å²) < 4.78 is 53.7. The molecule has 0 amide bonds. The van der Waals surface area contributed by atoms with Crippen molar-refractivity contribution in [2.45, 2.75) is 18.7 Å². The summed E-state index contributed by atoms with van der Waals surface area (Å²) in [5.41, 5.74) is 0.444. The number of ether oxygens (including phenoxy) is 2. The van der Waals surface area contributed by atoms with Gasteiger partial charge in [-0.05, 0) is 31.7 Å². The average Bonchev–Trinajstić information content (AvgIpc) is 2.76. The van der Waals surface area contributed by atoms with Gasteiger partial charge in [0.05, 0.1) is 18.3 Å². The number of nitrogens with one attached hydrogen (secondary N) is 1. The molecule has 2 heterocycles. The van der Waals surface area contributed by atoms with Crippen molar-refractivity contribution < 1.29 is 22.6 Å². The van der Waals surface area contributed by atoms with Crippen LogP contribution in [0.3, 0.4) is 0 Å². The molecule has 10 heteroatoms. The Balaban J connectivity index is 1.71. The highest BCUT2D eigenvalue weighted by atomic mass is 35.5. The van der Waals surface area contributed by atoms with Crippen molar-refractivity contribution in [2.75, 3.05) is 32.6 Å². The first-order chi connectivity index (χ1) is 14.9. The third kappa shape index (κ3) is 4.33. The molecule has 2 unspecified atom stereocenters. The number of hydrogen-bond acceptors (Lipinski definition) is 6. The number of methoxy groups -OCH3 is 1.